The first-order valence-electron chi connectivity index (χ1n) is 12.2. The zero-order valence-corrected chi connectivity index (χ0v) is 20.4. The molecule has 0 aromatic carbocycles. The maximum absolute atomic E-state index is 12.6. The highest BCUT2D eigenvalue weighted by Gasteiger charge is 2.22. The summed E-state index contributed by atoms with van der Waals surface area (Å²) in [5.74, 6) is -1.26. The van der Waals surface area contributed by atoms with Crippen LogP contribution in [0.4, 0.5) is 4.79 Å². The van der Waals surface area contributed by atoms with Crippen LogP contribution >= 0.6 is 0 Å². The van der Waals surface area contributed by atoms with Crippen molar-refractivity contribution >= 4 is 18.0 Å². The molecule has 1 aliphatic rings. The molecular weight excluding hydrogens is 462 g/mol. The molecule has 2 atom stereocenters. The van der Waals surface area contributed by atoms with Crippen molar-refractivity contribution in [1.29, 1.82) is 0 Å². The van der Waals surface area contributed by atoms with Crippen LogP contribution in [-0.4, -0.2) is 81.9 Å². The lowest BCUT2D eigenvalue weighted by molar-refractivity contribution is -0.171. The Morgan fingerprint density at radius 2 is 1.74 bits per heavy atom. The minimum Gasteiger partial charge on any atom is -0.481 e. The molecule has 12 nitrogen and oxygen atoms in total. The van der Waals surface area contributed by atoms with Crippen LogP contribution in [0.5, 0.6) is 0 Å². The van der Waals surface area contributed by atoms with Gasteiger partial charge in [0.15, 0.2) is 6.79 Å². The van der Waals surface area contributed by atoms with E-state index in [0.29, 0.717) is 19.4 Å². The highest BCUT2D eigenvalue weighted by Crippen LogP contribution is 2.14. The summed E-state index contributed by atoms with van der Waals surface area (Å²) < 4.78 is 25.8. The zero-order chi connectivity index (χ0) is 25.6. The molecule has 1 aliphatic carbocycles. The van der Waals surface area contributed by atoms with E-state index in [1.165, 1.54) is 0 Å². The summed E-state index contributed by atoms with van der Waals surface area (Å²) in [6.45, 7) is 0.793. The van der Waals surface area contributed by atoms with E-state index in [0.717, 1.165) is 38.5 Å². The molecule has 0 fully saturated rings. The highest BCUT2D eigenvalue weighted by atomic mass is 16.8. The van der Waals surface area contributed by atoms with Crippen LogP contribution in [0, 0.1) is 0 Å². The molecule has 0 radical (unpaired) electrons. The number of rotatable bonds is 19. The van der Waals surface area contributed by atoms with Gasteiger partial charge in [0.25, 0.3) is 0 Å². The Morgan fingerprint density at radius 1 is 1.00 bits per heavy atom. The SMILES string of the molecule is NCCCC[C@H](NC(=O)OC1/C=C/CCCCC1)C(=O)NCCOCOCOCOCCC(=O)O. The predicted octanol–water partition coefficient (Wildman–Crippen LogP) is 1.63. The Hall–Kier alpha value is -2.25. The summed E-state index contributed by atoms with van der Waals surface area (Å²) in [5.41, 5.74) is 5.55. The fourth-order valence-electron chi connectivity index (χ4n) is 3.19. The molecule has 1 rings (SSSR count). The predicted molar refractivity (Wildman–Crippen MR) is 126 cm³/mol. The number of nitrogens with one attached hydrogen (secondary N) is 2. The normalized spacial score (nSPS) is 17.6. The number of unbranched alkanes of at least 4 members (excludes halogenated alkanes) is 1. The smallest absolute Gasteiger partial charge is 0.408 e. The first kappa shape index (κ1) is 30.8. The molecule has 12 heteroatoms. The summed E-state index contributed by atoms with van der Waals surface area (Å²) in [5, 5.41) is 13.9. The summed E-state index contributed by atoms with van der Waals surface area (Å²) in [7, 11) is 0. The van der Waals surface area contributed by atoms with Crippen LogP contribution in [-0.2, 0) is 33.3 Å². The molecule has 0 spiro atoms. The molecule has 35 heavy (non-hydrogen) atoms. The minimum atomic E-state index is -0.943. The molecule has 1 unspecified atom stereocenters. The van der Waals surface area contributed by atoms with Gasteiger partial charge in [0.2, 0.25) is 5.91 Å². The standard InChI is InChI=1S/C23H41N3O9/c24-12-7-6-10-20(26-23(30)35-19-8-4-2-1-3-5-9-19)22(29)25-13-15-32-17-34-18-33-16-31-14-11-21(27)28/h4,8,19-20H,1-3,5-7,9-18,24H2,(H,25,29)(H,26,30)(H,27,28)/b8-4+/t19?,20-/m0/s1. The Balaban J connectivity index is 2.22. The third-order valence-electron chi connectivity index (χ3n) is 5.03. The quantitative estimate of drug-likeness (QED) is 0.115. The second-order valence-electron chi connectivity index (χ2n) is 8.00. The number of carbonyl (C=O) groups excluding carboxylic acids is 2. The van der Waals surface area contributed by atoms with E-state index in [1.54, 1.807) is 0 Å². The lowest BCUT2D eigenvalue weighted by Crippen LogP contribution is -2.48. The number of carboxylic acids is 1. The van der Waals surface area contributed by atoms with Gasteiger partial charge in [-0.2, -0.15) is 0 Å². The molecule has 0 aliphatic heterocycles. The van der Waals surface area contributed by atoms with Crippen LogP contribution < -0.4 is 16.4 Å². The van der Waals surface area contributed by atoms with Crippen LogP contribution in [0.15, 0.2) is 12.2 Å². The average Bonchev–Trinajstić information content (AvgIpc) is 2.80. The van der Waals surface area contributed by atoms with E-state index < -0.39 is 18.1 Å². The van der Waals surface area contributed by atoms with E-state index in [1.807, 2.05) is 12.2 Å². The van der Waals surface area contributed by atoms with Crippen molar-refractivity contribution in [2.45, 2.75) is 69.9 Å². The maximum atomic E-state index is 12.6. The van der Waals surface area contributed by atoms with Gasteiger partial charge in [-0.3, -0.25) is 9.59 Å². The van der Waals surface area contributed by atoms with Crippen molar-refractivity contribution in [3.05, 3.63) is 12.2 Å². The van der Waals surface area contributed by atoms with Crippen LogP contribution in [0.2, 0.25) is 0 Å². The van der Waals surface area contributed by atoms with Crippen LogP contribution in [0.1, 0.15) is 57.8 Å². The van der Waals surface area contributed by atoms with E-state index in [9.17, 15) is 14.4 Å². The van der Waals surface area contributed by atoms with Gasteiger partial charge in [-0.05, 0) is 57.6 Å². The first-order chi connectivity index (χ1) is 17.0. The van der Waals surface area contributed by atoms with Gasteiger partial charge in [0.1, 0.15) is 25.7 Å². The molecule has 0 saturated heterocycles. The third-order valence-corrected chi connectivity index (χ3v) is 5.03. The summed E-state index contributed by atoms with van der Waals surface area (Å²) in [4.78, 5) is 35.3. The van der Waals surface area contributed by atoms with E-state index >= 15 is 0 Å². The van der Waals surface area contributed by atoms with Crippen molar-refractivity contribution in [1.82, 2.24) is 10.6 Å². The zero-order valence-electron chi connectivity index (χ0n) is 20.4. The van der Waals surface area contributed by atoms with Gasteiger partial charge < -0.3 is 45.2 Å². The van der Waals surface area contributed by atoms with Crippen molar-refractivity contribution in [3.63, 3.8) is 0 Å². The molecule has 202 valence electrons. The molecular formula is C23H41N3O9. The van der Waals surface area contributed by atoms with E-state index in [2.05, 4.69) is 10.6 Å². The Kier molecular flexibility index (Phi) is 18.5. The van der Waals surface area contributed by atoms with E-state index in [4.69, 9.17) is 34.5 Å². The third kappa shape index (κ3) is 17.8. The number of aliphatic carboxylic acids is 1. The van der Waals surface area contributed by atoms with Crippen molar-refractivity contribution < 1.29 is 43.2 Å². The van der Waals surface area contributed by atoms with Gasteiger partial charge >= 0.3 is 12.1 Å². The molecule has 2 amide bonds. The largest absolute Gasteiger partial charge is 0.481 e. The van der Waals surface area contributed by atoms with Gasteiger partial charge in [-0.15, -0.1) is 0 Å². The summed E-state index contributed by atoms with van der Waals surface area (Å²) in [6, 6.07) is -0.725. The fourth-order valence-corrected chi connectivity index (χ4v) is 3.19. The Morgan fingerprint density at radius 3 is 2.49 bits per heavy atom. The highest BCUT2D eigenvalue weighted by molar-refractivity contribution is 5.85. The second kappa shape index (κ2) is 21.1. The molecule has 5 N–H and O–H groups in total. The summed E-state index contributed by atoms with van der Waals surface area (Å²) >= 11 is 0. The number of alkyl carbamates (subject to hydrolysis) is 1. The van der Waals surface area contributed by atoms with Gasteiger partial charge in [-0.25, -0.2) is 4.79 Å². The first-order valence-corrected chi connectivity index (χ1v) is 12.2. The second-order valence-corrected chi connectivity index (χ2v) is 8.00. The maximum Gasteiger partial charge on any atom is 0.408 e. The number of nitrogens with two attached hydrogens (primary N) is 1. The average molecular weight is 504 g/mol. The topological polar surface area (TPSA) is 168 Å². The van der Waals surface area contributed by atoms with Crippen molar-refractivity contribution in [3.8, 4) is 0 Å². The monoisotopic (exact) mass is 503 g/mol. The number of amides is 2. The van der Waals surface area contributed by atoms with Gasteiger partial charge in [-0.1, -0.05) is 12.5 Å². The lowest BCUT2D eigenvalue weighted by atomic mass is 10.0. The lowest BCUT2D eigenvalue weighted by Gasteiger charge is -2.21. The Labute approximate surface area is 206 Å². The molecule has 0 aromatic rings. The van der Waals surface area contributed by atoms with Crippen LogP contribution in [0.3, 0.4) is 0 Å². The fraction of sp³-hybridized carbons (Fsp3) is 0.783. The molecule has 0 aromatic heterocycles. The molecule has 0 heterocycles. The van der Waals surface area contributed by atoms with Crippen molar-refractivity contribution in [2.24, 2.45) is 5.73 Å². The van der Waals surface area contributed by atoms with E-state index in [-0.39, 0.29) is 58.6 Å². The van der Waals surface area contributed by atoms with Crippen molar-refractivity contribution in [2.75, 3.05) is 46.7 Å². The summed E-state index contributed by atoms with van der Waals surface area (Å²) in [6.07, 6.45) is 9.88. The number of hydrogen-bond acceptors (Lipinski definition) is 9. The molecule has 0 bridgehead atoms. The number of hydrogen-bond donors (Lipinski definition) is 4. The van der Waals surface area contributed by atoms with Gasteiger partial charge in [0, 0.05) is 6.54 Å². The van der Waals surface area contributed by atoms with Crippen LogP contribution in [0.25, 0.3) is 0 Å². The number of carbonyl (C=O) groups is 3. The van der Waals surface area contributed by atoms with Gasteiger partial charge in [0.05, 0.1) is 19.6 Å². The number of carboxylic acid groups (broad SMARTS) is 1. The molecule has 0 saturated carbocycles. The number of ether oxygens (including phenoxy) is 5. The number of allylic oxidation sites excluding steroid dienone is 1. The minimum absolute atomic E-state index is 0.0512. The Bertz CT molecular complexity index is 619.